The van der Waals surface area contributed by atoms with Gasteiger partial charge in [-0.25, -0.2) is 0 Å². The number of carbonyl (C=O) groups is 1. The van der Waals surface area contributed by atoms with E-state index in [0.29, 0.717) is 6.04 Å². The zero-order valence-electron chi connectivity index (χ0n) is 9.49. The van der Waals surface area contributed by atoms with Crippen LogP contribution in [-0.2, 0) is 0 Å². The van der Waals surface area contributed by atoms with Gasteiger partial charge in [0, 0.05) is 18.0 Å². The SMILES string of the molecule is Cc1ccc(C(=O)N(C)[C@@H](C)C2CC2)s1. The van der Waals surface area contributed by atoms with Gasteiger partial charge in [-0.3, -0.25) is 4.79 Å². The molecule has 0 N–H and O–H groups in total. The third-order valence-electron chi connectivity index (χ3n) is 3.19. The van der Waals surface area contributed by atoms with Gasteiger partial charge in [0.05, 0.1) is 4.88 Å². The first-order chi connectivity index (χ1) is 7.09. The van der Waals surface area contributed by atoms with Gasteiger partial charge in [-0.15, -0.1) is 11.3 Å². The van der Waals surface area contributed by atoms with Crippen molar-refractivity contribution in [1.82, 2.24) is 4.90 Å². The summed E-state index contributed by atoms with van der Waals surface area (Å²) in [5.41, 5.74) is 0. The molecule has 2 nitrogen and oxygen atoms in total. The van der Waals surface area contributed by atoms with Gasteiger partial charge in [0.25, 0.3) is 5.91 Å². The Morgan fingerprint density at radius 1 is 1.53 bits per heavy atom. The molecule has 1 heterocycles. The Hall–Kier alpha value is -0.830. The molecule has 0 radical (unpaired) electrons. The summed E-state index contributed by atoms with van der Waals surface area (Å²) in [6.07, 6.45) is 2.56. The van der Waals surface area contributed by atoms with Crippen molar-refractivity contribution in [2.75, 3.05) is 7.05 Å². The Morgan fingerprint density at radius 3 is 2.67 bits per heavy atom. The van der Waals surface area contributed by atoms with E-state index in [9.17, 15) is 4.79 Å². The minimum absolute atomic E-state index is 0.174. The second-order valence-electron chi connectivity index (χ2n) is 4.40. The van der Waals surface area contributed by atoms with Crippen molar-refractivity contribution in [1.29, 1.82) is 0 Å². The lowest BCUT2D eigenvalue weighted by atomic mass is 10.2. The van der Waals surface area contributed by atoms with Crippen LogP contribution in [0, 0.1) is 12.8 Å². The van der Waals surface area contributed by atoms with Crippen LogP contribution in [0.25, 0.3) is 0 Å². The molecule has 1 fully saturated rings. The molecule has 0 bridgehead atoms. The first-order valence-corrected chi connectivity index (χ1v) is 6.25. The van der Waals surface area contributed by atoms with Crippen LogP contribution in [0.3, 0.4) is 0 Å². The van der Waals surface area contributed by atoms with Crippen molar-refractivity contribution in [2.24, 2.45) is 5.92 Å². The number of thiophene rings is 1. The van der Waals surface area contributed by atoms with Gasteiger partial charge in [0.15, 0.2) is 0 Å². The maximum Gasteiger partial charge on any atom is 0.263 e. The molecular weight excluding hydrogens is 206 g/mol. The first kappa shape index (κ1) is 10.7. The van der Waals surface area contributed by atoms with E-state index in [4.69, 9.17) is 0 Å². The van der Waals surface area contributed by atoms with E-state index in [1.54, 1.807) is 11.3 Å². The molecule has 1 aliphatic rings. The summed E-state index contributed by atoms with van der Waals surface area (Å²) < 4.78 is 0. The van der Waals surface area contributed by atoms with E-state index < -0.39 is 0 Å². The molecule has 2 rings (SSSR count). The fourth-order valence-electron chi connectivity index (χ4n) is 1.80. The van der Waals surface area contributed by atoms with Crippen LogP contribution in [0.15, 0.2) is 12.1 Å². The molecule has 3 heteroatoms. The van der Waals surface area contributed by atoms with Crippen LogP contribution in [0.2, 0.25) is 0 Å². The van der Waals surface area contributed by atoms with Crippen LogP contribution >= 0.6 is 11.3 Å². The van der Waals surface area contributed by atoms with Crippen molar-refractivity contribution >= 4 is 17.2 Å². The van der Waals surface area contributed by atoms with Crippen LogP contribution < -0.4 is 0 Å². The van der Waals surface area contributed by atoms with Crippen molar-refractivity contribution in [3.63, 3.8) is 0 Å². The highest BCUT2D eigenvalue weighted by Gasteiger charge is 2.32. The van der Waals surface area contributed by atoms with E-state index in [1.165, 1.54) is 17.7 Å². The van der Waals surface area contributed by atoms with Gasteiger partial charge in [0.1, 0.15) is 0 Å². The number of nitrogens with zero attached hydrogens (tertiary/aromatic N) is 1. The topological polar surface area (TPSA) is 20.3 Å². The van der Waals surface area contributed by atoms with Crippen LogP contribution in [-0.4, -0.2) is 23.9 Å². The second kappa shape index (κ2) is 3.97. The summed E-state index contributed by atoms with van der Waals surface area (Å²) in [6, 6.07) is 4.33. The maximum absolute atomic E-state index is 12.1. The smallest absolute Gasteiger partial charge is 0.263 e. The highest BCUT2D eigenvalue weighted by molar-refractivity contribution is 7.13. The molecule has 15 heavy (non-hydrogen) atoms. The van der Waals surface area contributed by atoms with Crippen molar-refractivity contribution in [3.05, 3.63) is 21.9 Å². The summed E-state index contributed by atoms with van der Waals surface area (Å²) >= 11 is 1.58. The van der Waals surface area contributed by atoms with Crippen LogP contribution in [0.1, 0.15) is 34.3 Å². The summed E-state index contributed by atoms with van der Waals surface area (Å²) in [7, 11) is 1.92. The van der Waals surface area contributed by atoms with Gasteiger partial charge < -0.3 is 4.90 Å². The third-order valence-corrected chi connectivity index (χ3v) is 4.18. The van der Waals surface area contributed by atoms with Gasteiger partial charge >= 0.3 is 0 Å². The zero-order chi connectivity index (χ0) is 11.0. The third kappa shape index (κ3) is 2.23. The number of amides is 1. The predicted molar refractivity (Wildman–Crippen MR) is 63.3 cm³/mol. The normalized spacial score (nSPS) is 17.5. The molecule has 0 aliphatic heterocycles. The molecule has 1 aliphatic carbocycles. The lowest BCUT2D eigenvalue weighted by Crippen LogP contribution is -2.35. The molecule has 1 atom stereocenters. The Labute approximate surface area is 94.9 Å². The lowest BCUT2D eigenvalue weighted by Gasteiger charge is -2.24. The van der Waals surface area contributed by atoms with Gasteiger partial charge in [0.2, 0.25) is 0 Å². The zero-order valence-corrected chi connectivity index (χ0v) is 10.3. The minimum Gasteiger partial charge on any atom is -0.338 e. The predicted octanol–water partition coefficient (Wildman–Crippen LogP) is 2.93. The maximum atomic E-state index is 12.1. The van der Waals surface area contributed by atoms with E-state index in [2.05, 4.69) is 6.92 Å². The van der Waals surface area contributed by atoms with Crippen molar-refractivity contribution in [2.45, 2.75) is 32.7 Å². The van der Waals surface area contributed by atoms with Crippen LogP contribution in [0.4, 0.5) is 0 Å². The van der Waals surface area contributed by atoms with Gasteiger partial charge in [-0.1, -0.05) is 0 Å². The van der Waals surface area contributed by atoms with Crippen LogP contribution in [0.5, 0.6) is 0 Å². The Morgan fingerprint density at radius 2 is 2.20 bits per heavy atom. The molecule has 1 aromatic rings. The summed E-state index contributed by atoms with van der Waals surface area (Å²) in [5.74, 6) is 0.910. The molecule has 1 saturated carbocycles. The average Bonchev–Trinajstić information content (AvgIpc) is 2.98. The summed E-state index contributed by atoms with van der Waals surface area (Å²) in [5, 5.41) is 0. The van der Waals surface area contributed by atoms with E-state index in [1.807, 2.05) is 31.0 Å². The number of aryl methyl sites for hydroxylation is 1. The average molecular weight is 223 g/mol. The van der Waals surface area contributed by atoms with E-state index in [0.717, 1.165) is 10.8 Å². The lowest BCUT2D eigenvalue weighted by molar-refractivity contribution is 0.0732. The highest BCUT2D eigenvalue weighted by Crippen LogP contribution is 2.35. The van der Waals surface area contributed by atoms with E-state index in [-0.39, 0.29) is 5.91 Å². The van der Waals surface area contributed by atoms with E-state index >= 15 is 0 Å². The molecular formula is C12H17NOS. The molecule has 0 unspecified atom stereocenters. The Kier molecular flexibility index (Phi) is 2.83. The minimum atomic E-state index is 0.174. The number of hydrogen-bond donors (Lipinski definition) is 0. The fourth-order valence-corrected chi connectivity index (χ4v) is 2.65. The number of carbonyl (C=O) groups excluding carboxylic acids is 1. The van der Waals surface area contributed by atoms with Crippen molar-refractivity contribution in [3.8, 4) is 0 Å². The molecule has 1 aromatic heterocycles. The number of hydrogen-bond acceptors (Lipinski definition) is 2. The largest absolute Gasteiger partial charge is 0.338 e. The molecule has 0 aromatic carbocycles. The standard InChI is InChI=1S/C12H17NOS/c1-8-4-7-11(15-8)12(14)13(3)9(2)10-5-6-10/h4,7,9-10H,5-6H2,1-3H3/t9-/m0/s1. The number of rotatable bonds is 3. The van der Waals surface area contributed by atoms with Gasteiger partial charge in [-0.2, -0.15) is 0 Å². The second-order valence-corrected chi connectivity index (χ2v) is 5.69. The molecule has 0 spiro atoms. The Bertz CT molecular complexity index is 367. The quantitative estimate of drug-likeness (QED) is 0.771. The summed E-state index contributed by atoms with van der Waals surface area (Å²) in [4.78, 5) is 16.0. The first-order valence-electron chi connectivity index (χ1n) is 5.43. The fraction of sp³-hybridized carbons (Fsp3) is 0.583. The molecule has 0 saturated heterocycles. The Balaban J connectivity index is 2.06. The van der Waals surface area contributed by atoms with Gasteiger partial charge in [-0.05, 0) is 44.7 Å². The summed E-state index contributed by atoms with van der Waals surface area (Å²) in [6.45, 7) is 4.18. The molecule has 82 valence electrons. The van der Waals surface area contributed by atoms with Crippen molar-refractivity contribution < 1.29 is 4.79 Å². The molecule has 1 amide bonds. The highest BCUT2D eigenvalue weighted by atomic mass is 32.1. The monoisotopic (exact) mass is 223 g/mol.